The van der Waals surface area contributed by atoms with Crippen LogP contribution in [-0.4, -0.2) is 72.3 Å². The molecule has 0 atom stereocenters. The summed E-state index contributed by atoms with van der Waals surface area (Å²) in [6, 6.07) is 3.75. The molecule has 36 heavy (non-hydrogen) atoms. The Kier molecular flexibility index (Phi) is 6.88. The number of hydrogen-bond donors (Lipinski definition) is 0. The molecule has 3 aromatic rings. The van der Waals surface area contributed by atoms with Gasteiger partial charge in [0.1, 0.15) is 16.9 Å². The molecule has 2 amide bonds. The van der Waals surface area contributed by atoms with Crippen molar-refractivity contribution in [2.24, 2.45) is 0 Å². The number of carbonyl (C=O) groups is 2. The van der Waals surface area contributed by atoms with Crippen LogP contribution in [0.4, 0.5) is 0 Å². The van der Waals surface area contributed by atoms with Crippen molar-refractivity contribution in [3.8, 4) is 0 Å². The van der Waals surface area contributed by atoms with E-state index in [4.69, 9.17) is 8.83 Å². The SMILES string of the molecule is Cc1oc2cc3oc(=O)c(CC(=O)N4CCN(CC(=O)N5CCCCCC5)CC4)c(C)c3cc2c1C. The standard InChI is InChI=1S/C28H35N3O5/c1-18-20(3)35-24-16-25-22(14-21(18)24)19(2)23(28(34)36-25)15-26(32)31-12-10-29(11-13-31)17-27(33)30-8-6-4-5-7-9-30/h14,16H,4-13,15,17H2,1-3H3. The van der Waals surface area contributed by atoms with Crippen molar-refractivity contribution < 1.29 is 18.4 Å². The molecule has 0 saturated carbocycles. The van der Waals surface area contributed by atoms with Gasteiger partial charge in [-0.3, -0.25) is 14.5 Å². The summed E-state index contributed by atoms with van der Waals surface area (Å²) < 4.78 is 11.4. The number of fused-ring (bicyclic) bond motifs is 2. The Morgan fingerprint density at radius 1 is 0.750 bits per heavy atom. The number of hydrogen-bond acceptors (Lipinski definition) is 6. The van der Waals surface area contributed by atoms with Gasteiger partial charge in [0.2, 0.25) is 11.8 Å². The molecule has 0 unspecified atom stereocenters. The van der Waals surface area contributed by atoms with Gasteiger partial charge in [0, 0.05) is 56.1 Å². The minimum Gasteiger partial charge on any atom is -0.461 e. The molecule has 2 fully saturated rings. The number of carbonyl (C=O) groups excluding carboxylic acids is 2. The van der Waals surface area contributed by atoms with Gasteiger partial charge in [-0.15, -0.1) is 0 Å². The minimum atomic E-state index is -0.477. The van der Waals surface area contributed by atoms with E-state index in [1.165, 1.54) is 12.8 Å². The van der Waals surface area contributed by atoms with Crippen LogP contribution in [0.2, 0.25) is 0 Å². The van der Waals surface area contributed by atoms with Gasteiger partial charge in [-0.05, 0) is 50.8 Å². The second kappa shape index (κ2) is 10.1. The maximum atomic E-state index is 13.1. The first-order valence-electron chi connectivity index (χ1n) is 13.1. The average Bonchev–Trinajstić information content (AvgIpc) is 3.03. The molecule has 0 N–H and O–H groups in total. The molecule has 2 aliphatic rings. The fraction of sp³-hybridized carbons (Fsp3) is 0.536. The zero-order valence-electron chi connectivity index (χ0n) is 21.5. The molecule has 192 valence electrons. The lowest BCUT2D eigenvalue weighted by atomic mass is 10.0. The number of rotatable bonds is 4. The molecular weight excluding hydrogens is 458 g/mol. The van der Waals surface area contributed by atoms with E-state index in [1.807, 2.05) is 31.7 Å². The molecule has 0 spiro atoms. The second-order valence-corrected chi connectivity index (χ2v) is 10.2. The third-order valence-corrected chi connectivity index (χ3v) is 7.95. The molecule has 0 radical (unpaired) electrons. The number of piperazine rings is 1. The fourth-order valence-electron chi connectivity index (χ4n) is 5.46. The lowest BCUT2D eigenvalue weighted by molar-refractivity contribution is -0.134. The van der Waals surface area contributed by atoms with Gasteiger partial charge in [0.05, 0.1) is 18.5 Å². The third-order valence-electron chi connectivity index (χ3n) is 7.95. The molecule has 4 heterocycles. The Bertz CT molecular complexity index is 1360. The molecule has 1 aromatic carbocycles. The lowest BCUT2D eigenvalue weighted by Crippen LogP contribution is -2.52. The first-order chi connectivity index (χ1) is 17.3. The molecule has 8 nitrogen and oxygen atoms in total. The monoisotopic (exact) mass is 493 g/mol. The van der Waals surface area contributed by atoms with Crippen LogP contribution in [0.3, 0.4) is 0 Å². The van der Waals surface area contributed by atoms with Crippen LogP contribution < -0.4 is 5.63 Å². The van der Waals surface area contributed by atoms with Crippen LogP contribution in [-0.2, 0) is 16.0 Å². The Balaban J connectivity index is 1.25. The van der Waals surface area contributed by atoms with Crippen LogP contribution in [0.15, 0.2) is 25.8 Å². The molecule has 2 saturated heterocycles. The van der Waals surface area contributed by atoms with Crippen molar-refractivity contribution in [1.29, 1.82) is 0 Å². The maximum absolute atomic E-state index is 13.1. The lowest BCUT2D eigenvalue weighted by Gasteiger charge is -2.35. The Hall–Kier alpha value is -3.13. The van der Waals surface area contributed by atoms with E-state index < -0.39 is 5.63 Å². The van der Waals surface area contributed by atoms with Gasteiger partial charge in [0.15, 0.2) is 0 Å². The number of aryl methyl sites for hydroxylation is 3. The molecule has 2 aromatic heterocycles. The first-order valence-corrected chi connectivity index (χ1v) is 13.1. The zero-order valence-corrected chi connectivity index (χ0v) is 21.5. The quantitative estimate of drug-likeness (QED) is 0.517. The maximum Gasteiger partial charge on any atom is 0.340 e. The minimum absolute atomic E-state index is 0.0122. The smallest absolute Gasteiger partial charge is 0.340 e. The zero-order chi connectivity index (χ0) is 25.4. The van der Waals surface area contributed by atoms with Gasteiger partial charge in [-0.1, -0.05) is 12.8 Å². The summed E-state index contributed by atoms with van der Waals surface area (Å²) >= 11 is 0. The molecule has 5 rings (SSSR count). The molecule has 0 bridgehead atoms. The summed E-state index contributed by atoms with van der Waals surface area (Å²) in [5, 5.41) is 1.81. The Morgan fingerprint density at radius 3 is 2.06 bits per heavy atom. The highest BCUT2D eigenvalue weighted by molar-refractivity contribution is 5.97. The number of furan rings is 1. The van der Waals surface area contributed by atoms with Gasteiger partial charge in [-0.2, -0.15) is 0 Å². The second-order valence-electron chi connectivity index (χ2n) is 10.2. The van der Waals surface area contributed by atoms with Gasteiger partial charge in [-0.25, -0.2) is 4.79 Å². The molecule has 0 aliphatic carbocycles. The molecule has 2 aliphatic heterocycles. The van der Waals surface area contributed by atoms with Crippen molar-refractivity contribution in [2.75, 3.05) is 45.8 Å². The van der Waals surface area contributed by atoms with Crippen molar-refractivity contribution in [2.45, 2.75) is 52.9 Å². The van der Waals surface area contributed by atoms with Crippen molar-refractivity contribution in [3.05, 3.63) is 45.0 Å². The van der Waals surface area contributed by atoms with Crippen molar-refractivity contribution >= 4 is 33.8 Å². The topological polar surface area (TPSA) is 87.2 Å². The summed E-state index contributed by atoms with van der Waals surface area (Å²) in [4.78, 5) is 44.6. The van der Waals surface area contributed by atoms with E-state index in [1.54, 1.807) is 11.0 Å². The van der Waals surface area contributed by atoms with E-state index in [0.29, 0.717) is 49.5 Å². The largest absolute Gasteiger partial charge is 0.461 e. The summed E-state index contributed by atoms with van der Waals surface area (Å²) in [5.74, 6) is 0.945. The number of benzene rings is 1. The van der Waals surface area contributed by atoms with Crippen LogP contribution in [0.5, 0.6) is 0 Å². The third kappa shape index (κ3) is 4.78. The molecular formula is C28H35N3O5. The summed E-state index contributed by atoms with van der Waals surface area (Å²) in [5.41, 5.74) is 2.92. The fourth-order valence-corrected chi connectivity index (χ4v) is 5.46. The van der Waals surface area contributed by atoms with E-state index in [2.05, 4.69) is 4.90 Å². The number of amides is 2. The van der Waals surface area contributed by atoms with E-state index in [0.717, 1.165) is 53.6 Å². The van der Waals surface area contributed by atoms with Crippen molar-refractivity contribution in [3.63, 3.8) is 0 Å². The molecule has 8 heteroatoms. The first kappa shape index (κ1) is 24.6. The predicted octanol–water partition coefficient (Wildman–Crippen LogP) is 3.55. The summed E-state index contributed by atoms with van der Waals surface area (Å²) in [6.07, 6.45) is 4.59. The van der Waals surface area contributed by atoms with E-state index in [9.17, 15) is 14.4 Å². The Labute approximate surface area is 210 Å². The summed E-state index contributed by atoms with van der Waals surface area (Å²) in [6.45, 7) is 10.4. The highest BCUT2D eigenvalue weighted by atomic mass is 16.4. The van der Waals surface area contributed by atoms with Gasteiger partial charge in [0.25, 0.3) is 0 Å². The van der Waals surface area contributed by atoms with Crippen LogP contribution in [0.25, 0.3) is 21.9 Å². The average molecular weight is 494 g/mol. The van der Waals surface area contributed by atoms with Crippen LogP contribution in [0, 0.1) is 20.8 Å². The van der Waals surface area contributed by atoms with Crippen LogP contribution in [0.1, 0.15) is 48.1 Å². The normalized spacial score (nSPS) is 17.6. The highest BCUT2D eigenvalue weighted by Crippen LogP contribution is 2.31. The Morgan fingerprint density at radius 2 is 1.36 bits per heavy atom. The van der Waals surface area contributed by atoms with E-state index >= 15 is 0 Å². The predicted molar refractivity (Wildman–Crippen MR) is 138 cm³/mol. The van der Waals surface area contributed by atoms with Gasteiger partial charge < -0.3 is 18.6 Å². The van der Waals surface area contributed by atoms with E-state index in [-0.39, 0.29) is 18.2 Å². The van der Waals surface area contributed by atoms with Crippen LogP contribution >= 0.6 is 0 Å². The number of nitrogens with zero attached hydrogens (tertiary/aromatic N) is 3. The van der Waals surface area contributed by atoms with Crippen molar-refractivity contribution in [1.82, 2.24) is 14.7 Å². The summed E-state index contributed by atoms with van der Waals surface area (Å²) in [7, 11) is 0. The number of likely N-dealkylation sites (tertiary alicyclic amines) is 1. The highest BCUT2D eigenvalue weighted by Gasteiger charge is 2.26. The van der Waals surface area contributed by atoms with Gasteiger partial charge >= 0.3 is 5.63 Å².